The van der Waals surface area contributed by atoms with E-state index in [2.05, 4.69) is 29.2 Å². The summed E-state index contributed by atoms with van der Waals surface area (Å²) in [6.07, 6.45) is 5.24. The summed E-state index contributed by atoms with van der Waals surface area (Å²) >= 11 is 0. The van der Waals surface area contributed by atoms with Crippen molar-refractivity contribution in [3.05, 3.63) is 0 Å². The second kappa shape index (κ2) is 7.96. The molecule has 1 aliphatic rings. The Bertz CT molecular complexity index is 311. The van der Waals surface area contributed by atoms with Gasteiger partial charge in [-0.1, -0.05) is 0 Å². The highest BCUT2D eigenvalue weighted by Crippen LogP contribution is 2.16. The third-order valence-corrected chi connectivity index (χ3v) is 4.68. The van der Waals surface area contributed by atoms with Crippen LogP contribution in [0.1, 0.15) is 39.0 Å². The largest absolute Gasteiger partial charge is 0.480 e. The van der Waals surface area contributed by atoms with Crippen LogP contribution < -0.4 is 5.32 Å². The molecule has 0 aromatic carbocycles. The van der Waals surface area contributed by atoms with Crippen LogP contribution in [-0.2, 0) is 4.79 Å². The van der Waals surface area contributed by atoms with Gasteiger partial charge < -0.3 is 20.2 Å². The maximum absolute atomic E-state index is 11.2. The van der Waals surface area contributed by atoms with Gasteiger partial charge in [0.1, 0.15) is 5.54 Å². The molecule has 5 nitrogen and oxygen atoms in total. The van der Waals surface area contributed by atoms with Crippen molar-refractivity contribution in [2.24, 2.45) is 0 Å². The molecule has 0 radical (unpaired) electrons. The minimum atomic E-state index is -0.788. The van der Waals surface area contributed by atoms with E-state index >= 15 is 0 Å². The van der Waals surface area contributed by atoms with E-state index in [1.807, 2.05) is 0 Å². The molecule has 0 aromatic rings. The Morgan fingerprint density at radius 1 is 1.50 bits per heavy atom. The summed E-state index contributed by atoms with van der Waals surface area (Å²) in [5, 5.41) is 12.1. The third-order valence-electron chi connectivity index (χ3n) is 4.68. The molecule has 0 amide bonds. The van der Waals surface area contributed by atoms with Crippen molar-refractivity contribution >= 4 is 5.97 Å². The van der Waals surface area contributed by atoms with Gasteiger partial charge in [-0.05, 0) is 73.3 Å². The van der Waals surface area contributed by atoms with Gasteiger partial charge in [-0.2, -0.15) is 0 Å². The Morgan fingerprint density at radius 3 is 2.75 bits per heavy atom. The van der Waals surface area contributed by atoms with E-state index in [0.29, 0.717) is 12.5 Å². The Hall–Kier alpha value is -0.650. The summed E-state index contributed by atoms with van der Waals surface area (Å²) in [7, 11) is 6.10. The van der Waals surface area contributed by atoms with Crippen LogP contribution in [0.2, 0.25) is 0 Å². The minimum absolute atomic E-state index is 0.656. The lowest BCUT2D eigenvalue weighted by molar-refractivity contribution is -0.144. The zero-order chi connectivity index (χ0) is 15.2. The fourth-order valence-electron chi connectivity index (χ4n) is 2.86. The number of carboxylic acid groups (broad SMARTS) is 1. The molecule has 0 saturated carbocycles. The molecule has 0 aromatic heterocycles. The van der Waals surface area contributed by atoms with Crippen molar-refractivity contribution in [1.82, 2.24) is 15.1 Å². The quantitative estimate of drug-likeness (QED) is 0.657. The maximum Gasteiger partial charge on any atom is 0.323 e. The van der Waals surface area contributed by atoms with Crippen LogP contribution in [0.25, 0.3) is 0 Å². The van der Waals surface area contributed by atoms with Gasteiger partial charge in [0.15, 0.2) is 0 Å². The van der Waals surface area contributed by atoms with Gasteiger partial charge in [0.05, 0.1) is 0 Å². The fourth-order valence-corrected chi connectivity index (χ4v) is 2.86. The SMILES string of the molecule is CNC(C)(CCCCN(C)C1CCCN(C)C1)C(=O)O. The minimum Gasteiger partial charge on any atom is -0.480 e. The Labute approximate surface area is 123 Å². The van der Waals surface area contributed by atoms with Gasteiger partial charge in [-0.3, -0.25) is 4.79 Å². The summed E-state index contributed by atoms with van der Waals surface area (Å²) < 4.78 is 0. The Kier molecular flexibility index (Phi) is 6.92. The van der Waals surface area contributed by atoms with Gasteiger partial charge in [-0.15, -0.1) is 0 Å². The number of nitrogens with zero attached hydrogens (tertiary/aromatic N) is 2. The lowest BCUT2D eigenvalue weighted by Gasteiger charge is -2.36. The summed E-state index contributed by atoms with van der Waals surface area (Å²) in [5.41, 5.74) is -0.788. The van der Waals surface area contributed by atoms with Crippen molar-refractivity contribution in [3.8, 4) is 0 Å². The number of piperidine rings is 1. The van der Waals surface area contributed by atoms with Gasteiger partial charge >= 0.3 is 5.97 Å². The molecule has 2 N–H and O–H groups in total. The zero-order valence-electron chi connectivity index (χ0n) is 13.5. The van der Waals surface area contributed by atoms with E-state index in [-0.39, 0.29) is 0 Å². The van der Waals surface area contributed by atoms with Crippen molar-refractivity contribution in [1.29, 1.82) is 0 Å². The van der Waals surface area contributed by atoms with E-state index in [1.165, 1.54) is 19.4 Å². The summed E-state index contributed by atoms with van der Waals surface area (Å²) in [6, 6.07) is 0.656. The molecule has 0 spiro atoms. The number of hydrogen-bond donors (Lipinski definition) is 2. The standard InChI is InChI=1S/C15H31N3O2/c1-15(16-2,14(19)20)9-5-6-11-18(4)13-8-7-10-17(3)12-13/h13,16H,5-12H2,1-4H3,(H,19,20). The van der Waals surface area contributed by atoms with Gasteiger partial charge in [0.25, 0.3) is 0 Å². The Morgan fingerprint density at radius 2 is 2.20 bits per heavy atom. The fraction of sp³-hybridized carbons (Fsp3) is 0.933. The second-order valence-corrected chi connectivity index (χ2v) is 6.38. The third kappa shape index (κ3) is 5.04. The van der Waals surface area contributed by atoms with Crippen LogP contribution in [-0.4, -0.2) is 73.2 Å². The monoisotopic (exact) mass is 285 g/mol. The molecule has 2 unspecified atom stereocenters. The molecule has 1 saturated heterocycles. The number of likely N-dealkylation sites (tertiary alicyclic amines) is 1. The van der Waals surface area contributed by atoms with E-state index < -0.39 is 11.5 Å². The number of rotatable bonds is 8. The van der Waals surface area contributed by atoms with E-state index in [1.54, 1.807) is 14.0 Å². The number of carbonyl (C=O) groups is 1. The summed E-state index contributed by atoms with van der Waals surface area (Å²) in [6.45, 7) is 5.18. The average molecular weight is 285 g/mol. The molecule has 1 aliphatic heterocycles. The zero-order valence-corrected chi connectivity index (χ0v) is 13.5. The Balaban J connectivity index is 2.25. The van der Waals surface area contributed by atoms with Crippen molar-refractivity contribution < 1.29 is 9.90 Å². The number of likely N-dealkylation sites (N-methyl/N-ethyl adjacent to an activating group) is 3. The molecule has 1 rings (SSSR count). The molecule has 5 heteroatoms. The van der Waals surface area contributed by atoms with Gasteiger partial charge in [0.2, 0.25) is 0 Å². The first-order valence-corrected chi connectivity index (χ1v) is 7.70. The van der Waals surface area contributed by atoms with E-state index in [9.17, 15) is 9.90 Å². The van der Waals surface area contributed by atoms with E-state index in [0.717, 1.165) is 25.9 Å². The molecule has 2 atom stereocenters. The number of nitrogens with one attached hydrogen (secondary N) is 1. The van der Waals surface area contributed by atoms with Gasteiger partial charge in [0, 0.05) is 12.6 Å². The van der Waals surface area contributed by atoms with Crippen LogP contribution in [0.3, 0.4) is 0 Å². The highest BCUT2D eigenvalue weighted by molar-refractivity contribution is 5.78. The predicted octanol–water partition coefficient (Wildman–Crippen LogP) is 1.25. The lowest BCUT2D eigenvalue weighted by atomic mass is 9.95. The van der Waals surface area contributed by atoms with E-state index in [4.69, 9.17) is 0 Å². The van der Waals surface area contributed by atoms with Crippen LogP contribution >= 0.6 is 0 Å². The first-order valence-electron chi connectivity index (χ1n) is 7.70. The molecular weight excluding hydrogens is 254 g/mol. The number of carboxylic acids is 1. The molecule has 118 valence electrons. The smallest absolute Gasteiger partial charge is 0.323 e. The second-order valence-electron chi connectivity index (χ2n) is 6.38. The topological polar surface area (TPSA) is 55.8 Å². The number of hydrogen-bond acceptors (Lipinski definition) is 4. The molecular formula is C15H31N3O2. The van der Waals surface area contributed by atoms with Crippen molar-refractivity contribution in [2.45, 2.75) is 50.6 Å². The highest BCUT2D eigenvalue weighted by Gasteiger charge is 2.30. The number of aliphatic carboxylic acids is 1. The molecule has 20 heavy (non-hydrogen) atoms. The molecule has 1 fully saturated rings. The average Bonchev–Trinajstić information content (AvgIpc) is 2.42. The molecule has 0 bridgehead atoms. The first-order chi connectivity index (χ1) is 9.39. The van der Waals surface area contributed by atoms with Crippen LogP contribution in [0.15, 0.2) is 0 Å². The lowest BCUT2D eigenvalue weighted by Crippen LogP contribution is -2.47. The van der Waals surface area contributed by atoms with Crippen molar-refractivity contribution in [3.63, 3.8) is 0 Å². The maximum atomic E-state index is 11.2. The first kappa shape index (κ1) is 17.4. The molecule has 1 heterocycles. The predicted molar refractivity (Wildman–Crippen MR) is 82.1 cm³/mol. The number of unbranched alkanes of at least 4 members (excludes halogenated alkanes) is 1. The van der Waals surface area contributed by atoms with Crippen LogP contribution in [0, 0.1) is 0 Å². The van der Waals surface area contributed by atoms with Crippen molar-refractivity contribution in [2.75, 3.05) is 40.8 Å². The van der Waals surface area contributed by atoms with Gasteiger partial charge in [-0.25, -0.2) is 0 Å². The molecule has 0 aliphatic carbocycles. The normalized spacial score (nSPS) is 23.8. The highest BCUT2D eigenvalue weighted by atomic mass is 16.4. The summed E-state index contributed by atoms with van der Waals surface area (Å²) in [5.74, 6) is -0.762. The van der Waals surface area contributed by atoms with Crippen LogP contribution in [0.4, 0.5) is 0 Å². The van der Waals surface area contributed by atoms with Crippen LogP contribution in [0.5, 0.6) is 0 Å². The summed E-state index contributed by atoms with van der Waals surface area (Å²) in [4.78, 5) is 16.0.